The summed E-state index contributed by atoms with van der Waals surface area (Å²) in [6, 6.07) is 3.09. The molecule has 1 saturated heterocycles. The standard InChI is InChI=1S/C13H14F2O3S/c14-11-2-1-10(13(15)7-11)6-12(16)5-9-3-4-19(17,18)8-9/h1-2,7,9H,3-6,8H2. The van der Waals surface area contributed by atoms with Crippen LogP contribution in [0.2, 0.25) is 0 Å². The van der Waals surface area contributed by atoms with E-state index in [0.29, 0.717) is 6.42 Å². The molecule has 1 atom stereocenters. The van der Waals surface area contributed by atoms with Crippen molar-refractivity contribution in [1.29, 1.82) is 0 Å². The third-order valence-corrected chi connectivity index (χ3v) is 5.08. The molecule has 1 fully saturated rings. The van der Waals surface area contributed by atoms with E-state index in [1.165, 1.54) is 6.07 Å². The molecule has 1 aromatic carbocycles. The van der Waals surface area contributed by atoms with Gasteiger partial charge in [-0.15, -0.1) is 0 Å². The van der Waals surface area contributed by atoms with Crippen LogP contribution < -0.4 is 0 Å². The maximum absolute atomic E-state index is 13.4. The van der Waals surface area contributed by atoms with Gasteiger partial charge in [0, 0.05) is 18.9 Å². The van der Waals surface area contributed by atoms with Crippen molar-refractivity contribution >= 4 is 15.6 Å². The highest BCUT2D eigenvalue weighted by atomic mass is 32.2. The van der Waals surface area contributed by atoms with Crippen LogP contribution in [0.1, 0.15) is 18.4 Å². The number of Topliss-reactive ketones (excluding diaryl/α,β-unsaturated/α-hetero) is 1. The number of halogens is 2. The molecule has 0 bridgehead atoms. The van der Waals surface area contributed by atoms with E-state index in [1.54, 1.807) is 0 Å². The van der Waals surface area contributed by atoms with E-state index in [-0.39, 0.29) is 41.6 Å². The average Bonchev–Trinajstić information content (AvgIpc) is 2.62. The summed E-state index contributed by atoms with van der Waals surface area (Å²) in [6.07, 6.45) is 0.499. The molecule has 0 N–H and O–H groups in total. The highest BCUT2D eigenvalue weighted by Crippen LogP contribution is 2.22. The smallest absolute Gasteiger partial charge is 0.150 e. The second-order valence-corrected chi connectivity index (χ2v) is 7.15. The van der Waals surface area contributed by atoms with E-state index in [1.807, 2.05) is 0 Å². The zero-order valence-corrected chi connectivity index (χ0v) is 11.1. The molecule has 3 nitrogen and oxygen atoms in total. The Bertz CT molecular complexity index is 596. The summed E-state index contributed by atoms with van der Waals surface area (Å²) in [5.41, 5.74) is 0.146. The maximum Gasteiger partial charge on any atom is 0.150 e. The molecule has 6 heteroatoms. The van der Waals surface area contributed by atoms with Crippen LogP contribution in [-0.4, -0.2) is 25.7 Å². The first-order chi connectivity index (χ1) is 8.85. The van der Waals surface area contributed by atoms with Crippen molar-refractivity contribution in [3.63, 3.8) is 0 Å². The van der Waals surface area contributed by atoms with Gasteiger partial charge in [0.15, 0.2) is 9.84 Å². The topological polar surface area (TPSA) is 51.2 Å². The van der Waals surface area contributed by atoms with E-state index < -0.39 is 21.5 Å². The summed E-state index contributed by atoms with van der Waals surface area (Å²) in [5.74, 6) is -1.66. The second kappa shape index (κ2) is 5.36. The van der Waals surface area contributed by atoms with Crippen molar-refractivity contribution in [3.05, 3.63) is 35.4 Å². The summed E-state index contributed by atoms with van der Waals surface area (Å²) >= 11 is 0. The predicted octanol–water partition coefficient (Wildman–Crippen LogP) is 1.90. The lowest BCUT2D eigenvalue weighted by Gasteiger charge is -2.07. The zero-order valence-electron chi connectivity index (χ0n) is 10.2. The van der Waals surface area contributed by atoms with Gasteiger partial charge >= 0.3 is 0 Å². The van der Waals surface area contributed by atoms with Gasteiger partial charge in [0.25, 0.3) is 0 Å². The number of sulfone groups is 1. The largest absolute Gasteiger partial charge is 0.299 e. The van der Waals surface area contributed by atoms with Gasteiger partial charge in [0.2, 0.25) is 0 Å². The Hall–Kier alpha value is -1.30. The molecule has 1 aliphatic rings. The Morgan fingerprint density at radius 1 is 1.32 bits per heavy atom. The van der Waals surface area contributed by atoms with E-state index in [4.69, 9.17) is 0 Å². The van der Waals surface area contributed by atoms with Crippen molar-refractivity contribution in [2.75, 3.05) is 11.5 Å². The van der Waals surface area contributed by atoms with Gasteiger partial charge in [-0.2, -0.15) is 0 Å². The molecular weight excluding hydrogens is 274 g/mol. The van der Waals surface area contributed by atoms with Crippen molar-refractivity contribution in [3.8, 4) is 0 Å². The molecule has 0 amide bonds. The Balaban J connectivity index is 1.95. The zero-order chi connectivity index (χ0) is 14.0. The summed E-state index contributed by atoms with van der Waals surface area (Å²) in [6.45, 7) is 0. The molecule has 0 spiro atoms. The van der Waals surface area contributed by atoms with Crippen molar-refractivity contribution in [2.45, 2.75) is 19.3 Å². The lowest BCUT2D eigenvalue weighted by Crippen LogP contribution is -2.13. The van der Waals surface area contributed by atoms with Crippen LogP contribution in [-0.2, 0) is 21.1 Å². The first-order valence-electron chi connectivity index (χ1n) is 6.02. The molecule has 19 heavy (non-hydrogen) atoms. The highest BCUT2D eigenvalue weighted by Gasteiger charge is 2.29. The SMILES string of the molecule is O=C(Cc1ccc(F)cc1F)CC1CCS(=O)(=O)C1. The number of hydrogen-bond donors (Lipinski definition) is 0. The van der Waals surface area contributed by atoms with Gasteiger partial charge in [-0.25, -0.2) is 17.2 Å². The molecule has 0 aromatic heterocycles. The average molecular weight is 288 g/mol. The number of hydrogen-bond acceptors (Lipinski definition) is 3. The monoisotopic (exact) mass is 288 g/mol. The van der Waals surface area contributed by atoms with Gasteiger partial charge in [-0.3, -0.25) is 4.79 Å². The number of carbonyl (C=O) groups excluding carboxylic acids is 1. The summed E-state index contributed by atoms with van der Waals surface area (Å²) in [5, 5.41) is 0. The fourth-order valence-corrected chi connectivity index (χ4v) is 4.17. The second-order valence-electron chi connectivity index (χ2n) is 4.92. The quantitative estimate of drug-likeness (QED) is 0.850. The number of carbonyl (C=O) groups is 1. The maximum atomic E-state index is 13.4. The van der Waals surface area contributed by atoms with Crippen LogP contribution in [0, 0.1) is 17.6 Å². The van der Waals surface area contributed by atoms with Crippen LogP contribution >= 0.6 is 0 Å². The van der Waals surface area contributed by atoms with Crippen LogP contribution in [0.25, 0.3) is 0 Å². The van der Waals surface area contributed by atoms with Gasteiger partial charge < -0.3 is 0 Å². The van der Waals surface area contributed by atoms with E-state index in [2.05, 4.69) is 0 Å². The third kappa shape index (κ3) is 3.83. The van der Waals surface area contributed by atoms with Crippen molar-refractivity contribution in [2.24, 2.45) is 5.92 Å². The molecule has 0 saturated carbocycles. The number of ketones is 1. The molecule has 0 aliphatic carbocycles. The van der Waals surface area contributed by atoms with Crippen LogP contribution in [0.3, 0.4) is 0 Å². The predicted molar refractivity (Wildman–Crippen MR) is 66.4 cm³/mol. The summed E-state index contributed by atoms with van der Waals surface area (Å²) in [7, 11) is -3.00. The molecule has 2 rings (SSSR count). The Kier molecular flexibility index (Phi) is 3.99. The molecule has 1 heterocycles. The molecule has 0 radical (unpaired) electrons. The van der Waals surface area contributed by atoms with E-state index >= 15 is 0 Å². The van der Waals surface area contributed by atoms with Crippen molar-refractivity contribution in [1.82, 2.24) is 0 Å². The minimum Gasteiger partial charge on any atom is -0.299 e. The minimum atomic E-state index is -3.00. The first kappa shape index (κ1) is 14.1. The summed E-state index contributed by atoms with van der Waals surface area (Å²) < 4.78 is 48.6. The normalized spacial score (nSPS) is 21.5. The fraction of sp³-hybridized carbons (Fsp3) is 0.462. The molecule has 104 valence electrons. The van der Waals surface area contributed by atoms with Gasteiger partial charge in [-0.1, -0.05) is 6.07 Å². The highest BCUT2D eigenvalue weighted by molar-refractivity contribution is 7.91. The van der Waals surface area contributed by atoms with Gasteiger partial charge in [0.1, 0.15) is 17.4 Å². The fourth-order valence-electron chi connectivity index (χ4n) is 2.30. The van der Waals surface area contributed by atoms with E-state index in [9.17, 15) is 22.0 Å². The van der Waals surface area contributed by atoms with Gasteiger partial charge in [-0.05, 0) is 24.0 Å². The van der Waals surface area contributed by atoms with Crippen LogP contribution in [0.15, 0.2) is 18.2 Å². The number of benzene rings is 1. The number of rotatable bonds is 4. The van der Waals surface area contributed by atoms with E-state index in [0.717, 1.165) is 12.1 Å². The van der Waals surface area contributed by atoms with Gasteiger partial charge in [0.05, 0.1) is 11.5 Å². The lowest BCUT2D eigenvalue weighted by molar-refractivity contribution is -0.119. The molecule has 1 aliphatic heterocycles. The molecule has 1 aromatic rings. The lowest BCUT2D eigenvalue weighted by atomic mass is 9.98. The Morgan fingerprint density at radius 3 is 2.63 bits per heavy atom. The third-order valence-electron chi connectivity index (χ3n) is 3.25. The first-order valence-corrected chi connectivity index (χ1v) is 7.84. The Morgan fingerprint density at radius 2 is 2.05 bits per heavy atom. The minimum absolute atomic E-state index is 0.0324. The van der Waals surface area contributed by atoms with Crippen molar-refractivity contribution < 1.29 is 22.0 Å². The summed E-state index contributed by atoms with van der Waals surface area (Å²) in [4.78, 5) is 11.8. The van der Waals surface area contributed by atoms with Crippen LogP contribution in [0.4, 0.5) is 8.78 Å². The molecular formula is C13H14F2O3S. The Labute approximate surface area is 110 Å². The molecule has 1 unspecified atom stereocenters. The van der Waals surface area contributed by atoms with Crippen LogP contribution in [0.5, 0.6) is 0 Å².